The Labute approximate surface area is 162 Å². The smallest absolute Gasteiger partial charge is 0.244 e. The molecule has 27 heavy (non-hydrogen) atoms. The van der Waals surface area contributed by atoms with Crippen molar-refractivity contribution in [1.82, 2.24) is 5.32 Å². The number of carbonyl (C=O) groups is 1. The van der Waals surface area contributed by atoms with E-state index in [1.54, 1.807) is 48.2 Å². The third-order valence-corrected chi connectivity index (χ3v) is 4.85. The number of carbonyl (C=O) groups excluding carboxylic acids is 1. The summed E-state index contributed by atoms with van der Waals surface area (Å²) in [6.45, 7) is 0.597. The van der Waals surface area contributed by atoms with E-state index in [4.69, 9.17) is 4.42 Å². The van der Waals surface area contributed by atoms with Crippen LogP contribution in [0.2, 0.25) is 0 Å². The molecular formula is C22H20FNO2S. The second-order valence-electron chi connectivity index (χ2n) is 5.84. The highest BCUT2D eigenvalue weighted by Gasteiger charge is 2.08. The SMILES string of the molecule is O=C(/C=C/c1ccc(-c2ccccc2F)o1)NCCSCc1ccccc1. The van der Waals surface area contributed by atoms with Gasteiger partial charge in [0.25, 0.3) is 0 Å². The third-order valence-electron chi connectivity index (χ3n) is 3.82. The Morgan fingerprint density at radius 1 is 1.04 bits per heavy atom. The van der Waals surface area contributed by atoms with Crippen molar-refractivity contribution in [1.29, 1.82) is 0 Å². The van der Waals surface area contributed by atoms with Gasteiger partial charge < -0.3 is 9.73 Å². The van der Waals surface area contributed by atoms with E-state index < -0.39 is 0 Å². The van der Waals surface area contributed by atoms with Gasteiger partial charge in [0, 0.05) is 24.1 Å². The van der Waals surface area contributed by atoms with E-state index in [0.29, 0.717) is 23.6 Å². The van der Waals surface area contributed by atoms with E-state index in [2.05, 4.69) is 17.4 Å². The number of benzene rings is 2. The van der Waals surface area contributed by atoms with Crippen LogP contribution in [-0.4, -0.2) is 18.2 Å². The molecule has 0 bridgehead atoms. The van der Waals surface area contributed by atoms with Gasteiger partial charge >= 0.3 is 0 Å². The summed E-state index contributed by atoms with van der Waals surface area (Å²) < 4.78 is 19.3. The standard InChI is InChI=1S/C22H20FNO2S/c23-20-9-5-4-8-19(20)21-12-10-18(26-21)11-13-22(25)24-14-15-27-16-17-6-2-1-3-7-17/h1-13H,14-16H2,(H,24,25)/b13-11+. The molecule has 0 fully saturated rings. The van der Waals surface area contributed by atoms with E-state index in [9.17, 15) is 9.18 Å². The Hall–Kier alpha value is -2.79. The molecular weight excluding hydrogens is 361 g/mol. The molecule has 0 unspecified atom stereocenters. The Bertz CT molecular complexity index is 905. The van der Waals surface area contributed by atoms with E-state index in [0.717, 1.165) is 11.5 Å². The first-order valence-electron chi connectivity index (χ1n) is 8.65. The molecule has 0 aliphatic heterocycles. The second-order valence-corrected chi connectivity index (χ2v) is 6.95. The number of hydrogen-bond donors (Lipinski definition) is 1. The number of nitrogens with one attached hydrogen (secondary N) is 1. The highest BCUT2D eigenvalue weighted by molar-refractivity contribution is 7.98. The number of halogens is 1. The zero-order chi connectivity index (χ0) is 18.9. The first kappa shape index (κ1) is 19.0. The zero-order valence-corrected chi connectivity index (χ0v) is 15.5. The molecule has 0 radical (unpaired) electrons. The Morgan fingerprint density at radius 2 is 1.81 bits per heavy atom. The van der Waals surface area contributed by atoms with Gasteiger partial charge in [0.05, 0.1) is 5.56 Å². The molecule has 0 aliphatic rings. The molecule has 3 rings (SSSR count). The van der Waals surface area contributed by atoms with Crippen LogP contribution in [0.3, 0.4) is 0 Å². The topological polar surface area (TPSA) is 42.2 Å². The predicted molar refractivity (Wildman–Crippen MR) is 109 cm³/mol. The van der Waals surface area contributed by atoms with Crippen LogP contribution in [0.15, 0.2) is 77.2 Å². The number of hydrogen-bond acceptors (Lipinski definition) is 3. The van der Waals surface area contributed by atoms with Crippen molar-refractivity contribution in [2.75, 3.05) is 12.3 Å². The van der Waals surface area contributed by atoms with Gasteiger partial charge in [0.1, 0.15) is 17.3 Å². The average molecular weight is 381 g/mol. The predicted octanol–water partition coefficient (Wildman–Crippen LogP) is 5.15. The molecule has 1 amide bonds. The highest BCUT2D eigenvalue weighted by atomic mass is 32.2. The van der Waals surface area contributed by atoms with Gasteiger partial charge in [-0.2, -0.15) is 11.8 Å². The second kappa shape index (κ2) is 9.78. The van der Waals surface area contributed by atoms with Crippen LogP contribution in [0.4, 0.5) is 4.39 Å². The summed E-state index contributed by atoms with van der Waals surface area (Å²) in [5.41, 5.74) is 1.68. The minimum atomic E-state index is -0.340. The van der Waals surface area contributed by atoms with Crippen molar-refractivity contribution in [3.8, 4) is 11.3 Å². The van der Waals surface area contributed by atoms with Gasteiger partial charge in [-0.3, -0.25) is 4.79 Å². The van der Waals surface area contributed by atoms with E-state index in [1.807, 2.05) is 18.2 Å². The lowest BCUT2D eigenvalue weighted by Crippen LogP contribution is -2.23. The van der Waals surface area contributed by atoms with E-state index >= 15 is 0 Å². The molecule has 2 aromatic carbocycles. The quantitative estimate of drug-likeness (QED) is 0.433. The fourth-order valence-electron chi connectivity index (χ4n) is 2.48. The number of amides is 1. The van der Waals surface area contributed by atoms with Gasteiger partial charge in [-0.05, 0) is 35.9 Å². The highest BCUT2D eigenvalue weighted by Crippen LogP contribution is 2.25. The lowest BCUT2D eigenvalue weighted by atomic mass is 10.1. The monoisotopic (exact) mass is 381 g/mol. The Morgan fingerprint density at radius 3 is 2.63 bits per heavy atom. The summed E-state index contributed by atoms with van der Waals surface area (Å²) >= 11 is 1.77. The fourth-order valence-corrected chi connectivity index (χ4v) is 3.29. The molecule has 5 heteroatoms. The Kier molecular flexibility index (Phi) is 6.88. The van der Waals surface area contributed by atoms with Crippen LogP contribution in [0.25, 0.3) is 17.4 Å². The maximum absolute atomic E-state index is 13.8. The molecule has 0 saturated heterocycles. The van der Waals surface area contributed by atoms with Crippen molar-refractivity contribution in [2.24, 2.45) is 0 Å². The molecule has 0 atom stereocenters. The van der Waals surface area contributed by atoms with Crippen LogP contribution in [0, 0.1) is 5.82 Å². The van der Waals surface area contributed by atoms with Crippen LogP contribution in [0.1, 0.15) is 11.3 Å². The van der Waals surface area contributed by atoms with E-state index in [1.165, 1.54) is 17.7 Å². The summed E-state index contributed by atoms with van der Waals surface area (Å²) in [5.74, 6) is 2.18. The van der Waals surface area contributed by atoms with Gasteiger partial charge in [-0.25, -0.2) is 4.39 Å². The minimum Gasteiger partial charge on any atom is -0.457 e. The average Bonchev–Trinajstić information content (AvgIpc) is 3.16. The molecule has 0 saturated carbocycles. The maximum Gasteiger partial charge on any atom is 0.244 e. The normalized spacial score (nSPS) is 11.0. The lowest BCUT2D eigenvalue weighted by molar-refractivity contribution is -0.116. The molecule has 1 aromatic heterocycles. The summed E-state index contributed by atoms with van der Waals surface area (Å²) in [4.78, 5) is 11.9. The zero-order valence-electron chi connectivity index (χ0n) is 14.7. The molecule has 3 aromatic rings. The van der Waals surface area contributed by atoms with Crippen LogP contribution < -0.4 is 5.32 Å². The molecule has 138 valence electrons. The van der Waals surface area contributed by atoms with Crippen molar-refractivity contribution in [3.05, 3.63) is 89.9 Å². The van der Waals surface area contributed by atoms with Crippen LogP contribution >= 0.6 is 11.8 Å². The van der Waals surface area contributed by atoms with Crippen molar-refractivity contribution in [3.63, 3.8) is 0 Å². The summed E-state index contributed by atoms with van der Waals surface area (Å²) in [6.07, 6.45) is 3.00. The first-order chi connectivity index (χ1) is 13.2. The first-order valence-corrected chi connectivity index (χ1v) is 9.80. The molecule has 1 heterocycles. The summed E-state index contributed by atoms with van der Waals surface area (Å²) in [6, 6.07) is 20.0. The van der Waals surface area contributed by atoms with Gasteiger partial charge in [-0.1, -0.05) is 42.5 Å². The number of furan rings is 1. The van der Waals surface area contributed by atoms with Gasteiger partial charge in [0.2, 0.25) is 5.91 Å². The van der Waals surface area contributed by atoms with Gasteiger partial charge in [0.15, 0.2) is 0 Å². The lowest BCUT2D eigenvalue weighted by Gasteiger charge is -2.03. The third kappa shape index (κ3) is 5.86. The van der Waals surface area contributed by atoms with Crippen LogP contribution in [0.5, 0.6) is 0 Å². The maximum atomic E-state index is 13.8. The van der Waals surface area contributed by atoms with Crippen LogP contribution in [-0.2, 0) is 10.5 Å². The van der Waals surface area contributed by atoms with Crippen molar-refractivity contribution in [2.45, 2.75) is 5.75 Å². The minimum absolute atomic E-state index is 0.181. The molecule has 1 N–H and O–H groups in total. The summed E-state index contributed by atoms with van der Waals surface area (Å²) in [5, 5.41) is 2.84. The molecule has 0 spiro atoms. The number of thioether (sulfide) groups is 1. The number of rotatable bonds is 8. The Balaban J connectivity index is 1.42. The molecule has 3 nitrogen and oxygen atoms in total. The van der Waals surface area contributed by atoms with Crippen molar-refractivity contribution >= 4 is 23.7 Å². The molecule has 0 aliphatic carbocycles. The van der Waals surface area contributed by atoms with E-state index in [-0.39, 0.29) is 11.7 Å². The van der Waals surface area contributed by atoms with Gasteiger partial charge in [-0.15, -0.1) is 0 Å². The summed E-state index contributed by atoms with van der Waals surface area (Å²) in [7, 11) is 0. The fraction of sp³-hybridized carbons (Fsp3) is 0.136. The largest absolute Gasteiger partial charge is 0.457 e. The van der Waals surface area contributed by atoms with Crippen molar-refractivity contribution < 1.29 is 13.6 Å².